The van der Waals surface area contributed by atoms with Crippen LogP contribution in [0.5, 0.6) is 11.5 Å². The summed E-state index contributed by atoms with van der Waals surface area (Å²) in [5.41, 5.74) is 0.495. The van der Waals surface area contributed by atoms with Crippen LogP contribution in [0.25, 0.3) is 6.08 Å². The molecule has 1 unspecified atom stereocenters. The molecule has 1 heterocycles. The Balaban J connectivity index is 1.90. The second-order valence-electron chi connectivity index (χ2n) is 4.51. The summed E-state index contributed by atoms with van der Waals surface area (Å²) in [6, 6.07) is 15.1. The van der Waals surface area contributed by atoms with E-state index in [1.54, 1.807) is 54.6 Å². The smallest absolute Gasteiger partial charge is 0.448 e. The van der Waals surface area contributed by atoms with Gasteiger partial charge in [-0.15, -0.1) is 13.2 Å². The van der Waals surface area contributed by atoms with E-state index in [0.717, 1.165) is 0 Å². The van der Waals surface area contributed by atoms with Gasteiger partial charge < -0.3 is 14.2 Å². The summed E-state index contributed by atoms with van der Waals surface area (Å²) in [4.78, 5) is 0. The quantitative estimate of drug-likeness (QED) is 0.843. The van der Waals surface area contributed by atoms with Crippen molar-refractivity contribution in [2.75, 3.05) is 0 Å². The van der Waals surface area contributed by atoms with Crippen LogP contribution in [0.2, 0.25) is 0 Å². The van der Waals surface area contributed by atoms with Crippen molar-refractivity contribution in [3.8, 4) is 11.5 Å². The number of halogens is 3. The van der Waals surface area contributed by atoms with E-state index in [1.165, 1.54) is 6.08 Å². The van der Waals surface area contributed by atoms with Gasteiger partial charge in [0.2, 0.25) is 0 Å². The minimum absolute atomic E-state index is 0.378. The summed E-state index contributed by atoms with van der Waals surface area (Å²) in [7, 11) is 0. The highest BCUT2D eigenvalue weighted by molar-refractivity contribution is 5.61. The van der Waals surface area contributed by atoms with E-state index in [0.29, 0.717) is 17.1 Å². The van der Waals surface area contributed by atoms with Gasteiger partial charge in [0.15, 0.2) is 5.76 Å². The van der Waals surface area contributed by atoms with Crippen molar-refractivity contribution in [1.29, 1.82) is 0 Å². The molecule has 22 heavy (non-hydrogen) atoms. The first-order chi connectivity index (χ1) is 10.5. The Morgan fingerprint density at radius 2 is 1.59 bits per heavy atom. The first-order valence-electron chi connectivity index (χ1n) is 6.46. The van der Waals surface area contributed by atoms with Gasteiger partial charge in [-0.25, -0.2) is 0 Å². The van der Waals surface area contributed by atoms with E-state index in [9.17, 15) is 13.2 Å². The molecule has 114 valence electrons. The maximum atomic E-state index is 12.6. The zero-order valence-electron chi connectivity index (χ0n) is 11.2. The van der Waals surface area contributed by atoms with Crippen LogP contribution in [0.3, 0.4) is 0 Å². The van der Waals surface area contributed by atoms with Gasteiger partial charge in [-0.2, -0.15) is 0 Å². The largest absolute Gasteiger partial charge is 0.573 e. The highest BCUT2D eigenvalue weighted by atomic mass is 19.4. The number of rotatable bonds is 3. The highest BCUT2D eigenvalue weighted by Crippen LogP contribution is 2.34. The van der Waals surface area contributed by atoms with Crippen LogP contribution in [-0.4, -0.2) is 12.7 Å². The van der Waals surface area contributed by atoms with Crippen molar-refractivity contribution in [1.82, 2.24) is 0 Å². The lowest BCUT2D eigenvalue weighted by molar-refractivity contribution is -0.313. The maximum absolute atomic E-state index is 12.6. The van der Waals surface area contributed by atoms with Crippen LogP contribution in [0.1, 0.15) is 5.56 Å². The predicted molar refractivity (Wildman–Crippen MR) is 73.0 cm³/mol. The Hall–Kier alpha value is -2.63. The summed E-state index contributed by atoms with van der Waals surface area (Å²) < 4.78 is 52.6. The SMILES string of the molecule is FC(F)(F)OC1=Cc2ccccc2OC1Oc1ccccc1. The fourth-order valence-corrected chi connectivity index (χ4v) is 2.02. The predicted octanol–water partition coefficient (Wildman–Crippen LogP) is 4.36. The molecule has 0 amide bonds. The lowest BCUT2D eigenvalue weighted by atomic mass is 10.1. The number of alkyl halides is 3. The van der Waals surface area contributed by atoms with Crippen LogP contribution in [0.4, 0.5) is 13.2 Å². The summed E-state index contributed by atoms with van der Waals surface area (Å²) in [6.45, 7) is 0. The molecule has 0 bridgehead atoms. The number of benzene rings is 2. The number of para-hydroxylation sites is 2. The fourth-order valence-electron chi connectivity index (χ4n) is 2.02. The van der Waals surface area contributed by atoms with Crippen molar-refractivity contribution in [2.45, 2.75) is 12.7 Å². The van der Waals surface area contributed by atoms with Crippen LogP contribution >= 0.6 is 0 Å². The molecule has 1 atom stereocenters. The molecule has 0 spiro atoms. The third-order valence-corrected chi connectivity index (χ3v) is 2.90. The van der Waals surface area contributed by atoms with E-state index in [-0.39, 0.29) is 0 Å². The maximum Gasteiger partial charge on any atom is 0.573 e. The molecule has 3 nitrogen and oxygen atoms in total. The second kappa shape index (κ2) is 5.63. The zero-order valence-corrected chi connectivity index (χ0v) is 11.2. The fraction of sp³-hybridized carbons (Fsp3) is 0.125. The van der Waals surface area contributed by atoms with Crippen molar-refractivity contribution in [3.05, 3.63) is 65.9 Å². The third kappa shape index (κ3) is 3.33. The number of hydrogen-bond donors (Lipinski definition) is 0. The normalized spacial score (nSPS) is 17.0. The Bertz CT molecular complexity index is 681. The van der Waals surface area contributed by atoms with Gasteiger partial charge in [0.25, 0.3) is 6.29 Å². The van der Waals surface area contributed by atoms with Gasteiger partial charge in [0.1, 0.15) is 11.5 Å². The summed E-state index contributed by atoms with van der Waals surface area (Å²) in [5, 5.41) is 0. The number of ether oxygens (including phenoxy) is 3. The average Bonchev–Trinajstić information content (AvgIpc) is 2.47. The lowest BCUT2D eigenvalue weighted by Crippen LogP contribution is -2.32. The molecule has 2 aromatic carbocycles. The van der Waals surface area contributed by atoms with E-state index in [1.807, 2.05) is 0 Å². The van der Waals surface area contributed by atoms with Gasteiger partial charge >= 0.3 is 6.36 Å². The minimum atomic E-state index is -4.82. The van der Waals surface area contributed by atoms with Crippen LogP contribution < -0.4 is 9.47 Å². The standard InChI is InChI=1S/C16H11F3O3/c17-16(18,19)22-14-10-11-6-4-5-9-13(11)21-15(14)20-12-7-2-1-3-8-12/h1-10,15H. The first-order valence-corrected chi connectivity index (χ1v) is 6.46. The molecule has 0 aliphatic carbocycles. The molecule has 1 aliphatic rings. The van der Waals surface area contributed by atoms with Crippen molar-refractivity contribution in [2.24, 2.45) is 0 Å². The Kier molecular flexibility index (Phi) is 3.66. The molecule has 0 fully saturated rings. The molecule has 0 saturated heterocycles. The van der Waals surface area contributed by atoms with Gasteiger partial charge in [-0.3, -0.25) is 0 Å². The molecular weight excluding hydrogens is 297 g/mol. The topological polar surface area (TPSA) is 27.7 Å². The number of fused-ring (bicyclic) bond motifs is 1. The monoisotopic (exact) mass is 308 g/mol. The van der Waals surface area contributed by atoms with E-state index >= 15 is 0 Å². The number of hydrogen-bond acceptors (Lipinski definition) is 3. The summed E-state index contributed by atoms with van der Waals surface area (Å²) >= 11 is 0. The summed E-state index contributed by atoms with van der Waals surface area (Å²) in [5.74, 6) is 0.358. The molecular formula is C16H11F3O3. The van der Waals surface area contributed by atoms with Gasteiger partial charge in [-0.05, 0) is 24.3 Å². The lowest BCUT2D eigenvalue weighted by Gasteiger charge is -2.27. The van der Waals surface area contributed by atoms with E-state index in [4.69, 9.17) is 9.47 Å². The average molecular weight is 308 g/mol. The minimum Gasteiger partial charge on any atom is -0.448 e. The Morgan fingerprint density at radius 3 is 2.32 bits per heavy atom. The Morgan fingerprint density at radius 1 is 0.909 bits per heavy atom. The van der Waals surface area contributed by atoms with Gasteiger partial charge in [-0.1, -0.05) is 36.4 Å². The molecule has 3 rings (SSSR count). The summed E-state index contributed by atoms with van der Waals surface area (Å²) in [6.07, 6.45) is -4.86. The van der Waals surface area contributed by atoms with Gasteiger partial charge in [0, 0.05) is 5.56 Å². The molecule has 6 heteroatoms. The molecule has 1 aliphatic heterocycles. The third-order valence-electron chi connectivity index (χ3n) is 2.90. The van der Waals surface area contributed by atoms with Crippen molar-refractivity contribution in [3.63, 3.8) is 0 Å². The van der Waals surface area contributed by atoms with E-state index < -0.39 is 18.4 Å². The molecule has 0 N–H and O–H groups in total. The van der Waals surface area contributed by atoms with Crippen molar-refractivity contribution < 1.29 is 27.4 Å². The van der Waals surface area contributed by atoms with Crippen LogP contribution in [0, 0.1) is 0 Å². The second-order valence-corrected chi connectivity index (χ2v) is 4.51. The van der Waals surface area contributed by atoms with Crippen LogP contribution in [-0.2, 0) is 4.74 Å². The van der Waals surface area contributed by atoms with Crippen LogP contribution in [0.15, 0.2) is 60.4 Å². The molecule has 0 saturated carbocycles. The van der Waals surface area contributed by atoms with E-state index in [2.05, 4.69) is 4.74 Å². The van der Waals surface area contributed by atoms with Crippen molar-refractivity contribution >= 4 is 6.08 Å². The highest BCUT2D eigenvalue weighted by Gasteiger charge is 2.38. The molecule has 0 aromatic heterocycles. The Labute approximate surface area is 124 Å². The molecule has 2 aromatic rings. The first kappa shape index (κ1) is 14.3. The molecule has 0 radical (unpaired) electrons. The van der Waals surface area contributed by atoms with Gasteiger partial charge in [0.05, 0.1) is 0 Å². The zero-order chi connectivity index (χ0) is 15.6.